The highest BCUT2D eigenvalue weighted by molar-refractivity contribution is 5.86. The third kappa shape index (κ3) is 2.73. The standard InChI is InChI=1S/C23H22N6O/c30-21-8-4-7-19-16-10-17(20(29(19)21)9-15-5-2-1-3-6-15)13-28(12-16)23-18-11-26-27-22(18)24-14-25-23/h1-8,11,14,16-17,20H,9-10,12-13H2,(H,24,25,26,27)/t16-,17+,20+/m1/s1. The van der Waals surface area contributed by atoms with Gasteiger partial charge < -0.3 is 9.47 Å². The summed E-state index contributed by atoms with van der Waals surface area (Å²) < 4.78 is 2.07. The Kier molecular flexibility index (Phi) is 3.94. The van der Waals surface area contributed by atoms with Gasteiger partial charge in [-0.05, 0) is 30.4 Å². The van der Waals surface area contributed by atoms with Gasteiger partial charge in [-0.2, -0.15) is 5.10 Å². The van der Waals surface area contributed by atoms with Gasteiger partial charge in [-0.1, -0.05) is 36.4 Å². The molecule has 2 aliphatic heterocycles. The third-order valence-electron chi connectivity index (χ3n) is 6.61. The number of pyridine rings is 1. The highest BCUT2D eigenvalue weighted by Gasteiger charge is 2.41. The minimum Gasteiger partial charge on any atom is -0.355 e. The average molecular weight is 398 g/mol. The number of benzene rings is 1. The molecule has 3 atom stereocenters. The largest absolute Gasteiger partial charge is 0.355 e. The van der Waals surface area contributed by atoms with Gasteiger partial charge in [0.2, 0.25) is 0 Å². The van der Waals surface area contributed by atoms with Crippen LogP contribution in [-0.4, -0.2) is 37.8 Å². The van der Waals surface area contributed by atoms with Gasteiger partial charge in [-0.25, -0.2) is 9.97 Å². The van der Waals surface area contributed by atoms with Crippen molar-refractivity contribution >= 4 is 16.9 Å². The predicted octanol–water partition coefficient (Wildman–Crippen LogP) is 2.92. The number of nitrogens with one attached hydrogen (secondary N) is 1. The third-order valence-corrected chi connectivity index (χ3v) is 6.61. The van der Waals surface area contributed by atoms with Gasteiger partial charge in [0.15, 0.2) is 5.65 Å². The molecule has 2 aliphatic rings. The summed E-state index contributed by atoms with van der Waals surface area (Å²) in [5.74, 6) is 1.60. The van der Waals surface area contributed by atoms with Crippen LogP contribution >= 0.6 is 0 Å². The first-order chi connectivity index (χ1) is 14.8. The summed E-state index contributed by atoms with van der Waals surface area (Å²) >= 11 is 0. The summed E-state index contributed by atoms with van der Waals surface area (Å²) in [7, 11) is 0. The molecule has 5 heterocycles. The van der Waals surface area contributed by atoms with E-state index in [0.29, 0.717) is 11.8 Å². The molecule has 0 spiro atoms. The molecule has 1 N–H and O–H groups in total. The van der Waals surface area contributed by atoms with Crippen molar-refractivity contribution < 1.29 is 0 Å². The Balaban J connectivity index is 1.44. The molecule has 2 bridgehead atoms. The molecule has 0 unspecified atom stereocenters. The SMILES string of the molecule is O=c1cccc2n1[C@@H](Cc1ccccc1)[C@H]1C[C@@H]2CN(c2ncnc3[nH]ncc23)C1. The van der Waals surface area contributed by atoms with Crippen molar-refractivity contribution in [2.24, 2.45) is 5.92 Å². The molecule has 30 heavy (non-hydrogen) atoms. The van der Waals surface area contributed by atoms with Crippen LogP contribution in [0.25, 0.3) is 11.0 Å². The first-order valence-electron chi connectivity index (χ1n) is 10.4. The van der Waals surface area contributed by atoms with Gasteiger partial charge in [0.05, 0.1) is 11.6 Å². The summed E-state index contributed by atoms with van der Waals surface area (Å²) in [6.07, 6.45) is 5.35. The summed E-state index contributed by atoms with van der Waals surface area (Å²) in [5.41, 5.74) is 3.27. The smallest absolute Gasteiger partial charge is 0.251 e. The zero-order valence-corrected chi connectivity index (χ0v) is 16.5. The lowest BCUT2D eigenvalue weighted by atomic mass is 9.76. The van der Waals surface area contributed by atoms with Crippen molar-refractivity contribution in [3.63, 3.8) is 0 Å². The van der Waals surface area contributed by atoms with Gasteiger partial charge >= 0.3 is 0 Å². The zero-order valence-electron chi connectivity index (χ0n) is 16.5. The van der Waals surface area contributed by atoms with Crippen LogP contribution in [0, 0.1) is 5.92 Å². The number of piperidine rings is 1. The van der Waals surface area contributed by atoms with Gasteiger partial charge in [0.25, 0.3) is 5.56 Å². The van der Waals surface area contributed by atoms with E-state index in [0.717, 1.165) is 48.5 Å². The number of aromatic amines is 1. The number of nitrogens with zero attached hydrogens (tertiary/aromatic N) is 5. The number of anilines is 1. The monoisotopic (exact) mass is 398 g/mol. The Labute approximate surface area is 173 Å². The fourth-order valence-corrected chi connectivity index (χ4v) is 5.34. The van der Waals surface area contributed by atoms with Crippen molar-refractivity contribution in [2.45, 2.75) is 24.8 Å². The lowest BCUT2D eigenvalue weighted by molar-refractivity contribution is 0.211. The number of fused-ring (bicyclic) bond motifs is 5. The van der Waals surface area contributed by atoms with E-state index in [-0.39, 0.29) is 11.6 Å². The predicted molar refractivity (Wildman–Crippen MR) is 115 cm³/mol. The molecule has 1 fully saturated rings. The Bertz CT molecular complexity index is 1260. The van der Waals surface area contributed by atoms with E-state index >= 15 is 0 Å². The van der Waals surface area contributed by atoms with E-state index in [4.69, 9.17) is 0 Å². The van der Waals surface area contributed by atoms with Gasteiger partial charge in [-0.3, -0.25) is 9.89 Å². The molecule has 3 aromatic heterocycles. The quantitative estimate of drug-likeness (QED) is 0.574. The minimum absolute atomic E-state index is 0.107. The molecule has 4 aromatic rings. The number of rotatable bonds is 3. The molecule has 0 amide bonds. The van der Waals surface area contributed by atoms with E-state index in [1.807, 2.05) is 12.1 Å². The maximum absolute atomic E-state index is 12.9. The molecule has 150 valence electrons. The normalized spacial score (nSPS) is 22.8. The fraction of sp³-hybridized carbons (Fsp3) is 0.304. The Morgan fingerprint density at radius 3 is 2.83 bits per heavy atom. The van der Waals surface area contributed by atoms with Crippen LogP contribution < -0.4 is 10.5 Å². The van der Waals surface area contributed by atoms with Crippen LogP contribution in [0.4, 0.5) is 5.82 Å². The first kappa shape index (κ1) is 17.4. The molecule has 0 saturated carbocycles. The molecular formula is C23H22N6O. The second kappa shape index (κ2) is 6.79. The van der Waals surface area contributed by atoms with E-state index in [9.17, 15) is 4.79 Å². The Morgan fingerprint density at radius 2 is 1.93 bits per heavy atom. The van der Waals surface area contributed by atoms with Gasteiger partial charge in [0, 0.05) is 36.8 Å². The molecule has 1 saturated heterocycles. The highest BCUT2D eigenvalue weighted by atomic mass is 16.1. The molecular weight excluding hydrogens is 376 g/mol. The maximum atomic E-state index is 12.9. The van der Waals surface area contributed by atoms with Crippen LogP contribution in [-0.2, 0) is 6.42 Å². The van der Waals surface area contributed by atoms with E-state index < -0.39 is 0 Å². The van der Waals surface area contributed by atoms with Crippen molar-refractivity contribution in [3.8, 4) is 0 Å². The lowest BCUT2D eigenvalue weighted by Crippen LogP contribution is -2.50. The topological polar surface area (TPSA) is 79.7 Å². The van der Waals surface area contributed by atoms with E-state index in [2.05, 4.69) is 60.0 Å². The molecule has 0 radical (unpaired) electrons. The summed E-state index contributed by atoms with van der Waals surface area (Å²) in [6, 6.07) is 16.3. The molecule has 6 rings (SSSR count). The number of hydrogen-bond donors (Lipinski definition) is 1. The Morgan fingerprint density at radius 1 is 1.03 bits per heavy atom. The Hall–Kier alpha value is -3.48. The van der Waals surface area contributed by atoms with Crippen LogP contribution in [0.15, 0.2) is 65.8 Å². The lowest BCUT2D eigenvalue weighted by Gasteiger charge is -2.47. The van der Waals surface area contributed by atoms with Crippen molar-refractivity contribution in [1.29, 1.82) is 0 Å². The van der Waals surface area contributed by atoms with Gasteiger partial charge in [-0.15, -0.1) is 0 Å². The summed E-state index contributed by atoms with van der Waals surface area (Å²) in [4.78, 5) is 24.1. The summed E-state index contributed by atoms with van der Waals surface area (Å²) in [6.45, 7) is 1.71. The van der Waals surface area contributed by atoms with Crippen molar-refractivity contribution in [3.05, 3.63) is 82.7 Å². The zero-order chi connectivity index (χ0) is 20.1. The second-order valence-corrected chi connectivity index (χ2v) is 8.34. The fourth-order valence-electron chi connectivity index (χ4n) is 5.34. The maximum Gasteiger partial charge on any atom is 0.251 e. The minimum atomic E-state index is 0.107. The average Bonchev–Trinajstić information content (AvgIpc) is 3.26. The number of hydrogen-bond acceptors (Lipinski definition) is 5. The first-order valence-corrected chi connectivity index (χ1v) is 10.4. The second-order valence-electron chi connectivity index (χ2n) is 8.34. The molecule has 7 heteroatoms. The molecule has 0 aliphatic carbocycles. The number of aromatic nitrogens is 5. The highest BCUT2D eigenvalue weighted by Crippen LogP contribution is 2.43. The number of H-pyrrole nitrogens is 1. The van der Waals surface area contributed by atoms with E-state index in [1.165, 1.54) is 5.56 Å². The molecule has 7 nitrogen and oxygen atoms in total. The van der Waals surface area contributed by atoms with Crippen LogP contribution in [0.5, 0.6) is 0 Å². The van der Waals surface area contributed by atoms with E-state index in [1.54, 1.807) is 18.6 Å². The van der Waals surface area contributed by atoms with Crippen LogP contribution in [0.1, 0.15) is 29.6 Å². The van der Waals surface area contributed by atoms with Crippen molar-refractivity contribution in [2.75, 3.05) is 18.0 Å². The van der Waals surface area contributed by atoms with Gasteiger partial charge in [0.1, 0.15) is 12.1 Å². The summed E-state index contributed by atoms with van der Waals surface area (Å²) in [5, 5.41) is 8.04. The molecule has 1 aromatic carbocycles. The van der Waals surface area contributed by atoms with Crippen LogP contribution in [0.2, 0.25) is 0 Å². The van der Waals surface area contributed by atoms with Crippen LogP contribution in [0.3, 0.4) is 0 Å². The van der Waals surface area contributed by atoms with Crippen molar-refractivity contribution in [1.82, 2.24) is 24.7 Å².